The third-order valence-electron chi connectivity index (χ3n) is 2.76. The zero-order valence-corrected chi connectivity index (χ0v) is 10.9. The highest BCUT2D eigenvalue weighted by atomic mass is 16.5. The number of aryl methyl sites for hydroxylation is 2. The Morgan fingerprint density at radius 2 is 2.22 bits per heavy atom. The van der Waals surface area contributed by atoms with Gasteiger partial charge in [0.25, 0.3) is 0 Å². The van der Waals surface area contributed by atoms with Crippen LogP contribution in [-0.4, -0.2) is 14.8 Å². The Bertz CT molecular complexity index is 518. The fourth-order valence-electron chi connectivity index (χ4n) is 1.68. The molecule has 0 saturated carbocycles. The molecule has 0 aromatic carbocycles. The maximum atomic E-state index is 5.91. The Hall–Kier alpha value is -1.88. The number of hydrogen-bond donors (Lipinski definition) is 1. The monoisotopic (exact) mass is 246 g/mol. The molecule has 2 heterocycles. The summed E-state index contributed by atoms with van der Waals surface area (Å²) in [5.41, 5.74) is 7.71. The van der Waals surface area contributed by atoms with Crippen LogP contribution < -0.4 is 10.5 Å². The van der Waals surface area contributed by atoms with Crippen LogP contribution >= 0.6 is 0 Å². The highest BCUT2D eigenvalue weighted by Crippen LogP contribution is 2.22. The number of hydrogen-bond acceptors (Lipinski definition) is 4. The van der Waals surface area contributed by atoms with Crippen molar-refractivity contribution in [1.29, 1.82) is 0 Å². The first-order valence-electron chi connectivity index (χ1n) is 6.00. The lowest BCUT2D eigenvalue weighted by Crippen LogP contribution is -2.10. The zero-order valence-electron chi connectivity index (χ0n) is 10.9. The molecule has 18 heavy (non-hydrogen) atoms. The van der Waals surface area contributed by atoms with Crippen molar-refractivity contribution in [3.05, 3.63) is 35.8 Å². The second kappa shape index (κ2) is 5.18. The molecule has 96 valence electrons. The first-order valence-corrected chi connectivity index (χ1v) is 6.00. The summed E-state index contributed by atoms with van der Waals surface area (Å²) in [5, 5.41) is 4.22. The predicted octanol–water partition coefficient (Wildman–Crippen LogP) is 2.33. The van der Waals surface area contributed by atoms with Gasteiger partial charge in [-0.1, -0.05) is 6.92 Å². The lowest BCUT2D eigenvalue weighted by atomic mass is 10.1. The van der Waals surface area contributed by atoms with Crippen LogP contribution in [-0.2, 0) is 7.05 Å². The zero-order chi connectivity index (χ0) is 13.1. The van der Waals surface area contributed by atoms with Gasteiger partial charge in [0, 0.05) is 19.2 Å². The van der Waals surface area contributed by atoms with E-state index in [4.69, 9.17) is 10.5 Å². The quantitative estimate of drug-likeness (QED) is 0.899. The molecule has 0 aliphatic rings. The van der Waals surface area contributed by atoms with E-state index >= 15 is 0 Å². The number of rotatable bonds is 4. The van der Waals surface area contributed by atoms with Crippen LogP contribution in [0.3, 0.4) is 0 Å². The fourth-order valence-corrected chi connectivity index (χ4v) is 1.68. The molecule has 0 aliphatic heterocycles. The highest BCUT2D eigenvalue weighted by molar-refractivity contribution is 5.27. The maximum absolute atomic E-state index is 5.91. The van der Waals surface area contributed by atoms with Crippen molar-refractivity contribution in [1.82, 2.24) is 14.8 Å². The number of pyridine rings is 1. The van der Waals surface area contributed by atoms with Gasteiger partial charge in [0.2, 0.25) is 5.88 Å². The second-order valence-electron chi connectivity index (χ2n) is 4.28. The molecule has 0 spiro atoms. The number of aromatic nitrogens is 3. The lowest BCUT2D eigenvalue weighted by Gasteiger charge is -2.09. The van der Waals surface area contributed by atoms with Crippen LogP contribution in [0.1, 0.15) is 30.8 Å². The van der Waals surface area contributed by atoms with Crippen LogP contribution in [0.2, 0.25) is 0 Å². The van der Waals surface area contributed by atoms with Gasteiger partial charge in [0.05, 0.1) is 17.6 Å². The summed E-state index contributed by atoms with van der Waals surface area (Å²) in [4.78, 5) is 4.30. The minimum atomic E-state index is -0.0157. The Labute approximate surface area is 107 Å². The van der Waals surface area contributed by atoms with Crippen LogP contribution in [0.5, 0.6) is 11.6 Å². The molecule has 0 amide bonds. The van der Waals surface area contributed by atoms with Crippen LogP contribution in [0, 0.1) is 6.92 Å². The largest absolute Gasteiger partial charge is 0.438 e. The maximum Gasteiger partial charge on any atom is 0.217 e. The van der Waals surface area contributed by atoms with Crippen LogP contribution in [0.4, 0.5) is 0 Å². The van der Waals surface area contributed by atoms with E-state index in [1.165, 1.54) is 0 Å². The molecule has 0 aliphatic carbocycles. The summed E-state index contributed by atoms with van der Waals surface area (Å²) in [6.07, 6.45) is 2.56. The van der Waals surface area contributed by atoms with Gasteiger partial charge in [-0.15, -0.1) is 0 Å². The average molecular weight is 246 g/mol. The van der Waals surface area contributed by atoms with Gasteiger partial charge in [-0.2, -0.15) is 5.10 Å². The number of nitrogens with two attached hydrogens (primary N) is 1. The Morgan fingerprint density at radius 1 is 1.44 bits per heavy atom. The van der Waals surface area contributed by atoms with Gasteiger partial charge in [-0.3, -0.25) is 4.98 Å². The van der Waals surface area contributed by atoms with E-state index in [9.17, 15) is 0 Å². The molecule has 1 atom stereocenters. The summed E-state index contributed by atoms with van der Waals surface area (Å²) in [5.74, 6) is 1.38. The van der Waals surface area contributed by atoms with Crippen LogP contribution in [0.15, 0.2) is 24.4 Å². The van der Waals surface area contributed by atoms with E-state index in [0.29, 0.717) is 11.6 Å². The van der Waals surface area contributed by atoms with Gasteiger partial charge in [0.1, 0.15) is 5.75 Å². The van der Waals surface area contributed by atoms with Gasteiger partial charge in [-0.05, 0) is 25.5 Å². The van der Waals surface area contributed by atoms with Crippen molar-refractivity contribution < 1.29 is 4.74 Å². The van der Waals surface area contributed by atoms with Crippen molar-refractivity contribution in [3.8, 4) is 11.6 Å². The van der Waals surface area contributed by atoms with Gasteiger partial charge < -0.3 is 10.5 Å². The topological polar surface area (TPSA) is 66.0 Å². The molecule has 0 fully saturated rings. The van der Waals surface area contributed by atoms with E-state index in [0.717, 1.165) is 17.8 Å². The molecule has 2 aromatic rings. The smallest absolute Gasteiger partial charge is 0.217 e. The van der Waals surface area contributed by atoms with E-state index < -0.39 is 0 Å². The van der Waals surface area contributed by atoms with Crippen molar-refractivity contribution >= 4 is 0 Å². The summed E-state index contributed by atoms with van der Waals surface area (Å²) in [7, 11) is 1.84. The number of nitrogens with zero attached hydrogens (tertiary/aromatic N) is 3. The van der Waals surface area contributed by atoms with Crippen molar-refractivity contribution in [2.45, 2.75) is 26.3 Å². The SMILES string of the molecule is CC[C@@H](N)c1ccc(Oc2cc(C)nn2C)cn1. The molecule has 2 rings (SSSR count). The third-order valence-corrected chi connectivity index (χ3v) is 2.76. The number of ether oxygens (including phenoxy) is 1. The van der Waals surface area contributed by atoms with Crippen molar-refractivity contribution in [2.24, 2.45) is 12.8 Å². The molecule has 0 radical (unpaired) electrons. The summed E-state index contributed by atoms with van der Waals surface area (Å²) in [6, 6.07) is 5.64. The van der Waals surface area contributed by atoms with E-state index in [-0.39, 0.29) is 6.04 Å². The molecule has 0 saturated heterocycles. The second-order valence-corrected chi connectivity index (χ2v) is 4.28. The Balaban J connectivity index is 2.13. The van der Waals surface area contributed by atoms with Crippen molar-refractivity contribution in [2.75, 3.05) is 0 Å². The third kappa shape index (κ3) is 2.68. The van der Waals surface area contributed by atoms with E-state index in [1.54, 1.807) is 10.9 Å². The molecular formula is C13H18N4O. The van der Waals surface area contributed by atoms with Crippen LogP contribution in [0.25, 0.3) is 0 Å². The summed E-state index contributed by atoms with van der Waals surface area (Å²) in [6.45, 7) is 3.96. The normalized spacial score (nSPS) is 12.4. The minimum Gasteiger partial charge on any atom is -0.438 e. The molecule has 2 aromatic heterocycles. The Morgan fingerprint density at radius 3 is 2.72 bits per heavy atom. The van der Waals surface area contributed by atoms with Gasteiger partial charge >= 0.3 is 0 Å². The minimum absolute atomic E-state index is 0.0157. The molecule has 2 N–H and O–H groups in total. The highest BCUT2D eigenvalue weighted by Gasteiger charge is 2.07. The molecule has 5 heteroatoms. The molecule has 5 nitrogen and oxygen atoms in total. The molecular weight excluding hydrogens is 228 g/mol. The fraction of sp³-hybridized carbons (Fsp3) is 0.385. The van der Waals surface area contributed by atoms with E-state index in [1.807, 2.05) is 39.1 Å². The van der Waals surface area contributed by atoms with E-state index in [2.05, 4.69) is 10.1 Å². The average Bonchev–Trinajstić information content (AvgIpc) is 2.68. The van der Waals surface area contributed by atoms with Gasteiger partial charge in [-0.25, -0.2) is 4.68 Å². The van der Waals surface area contributed by atoms with Crippen molar-refractivity contribution in [3.63, 3.8) is 0 Å². The molecule has 0 bridgehead atoms. The first kappa shape index (κ1) is 12.6. The lowest BCUT2D eigenvalue weighted by molar-refractivity contribution is 0.428. The summed E-state index contributed by atoms with van der Waals surface area (Å²) < 4.78 is 7.39. The summed E-state index contributed by atoms with van der Waals surface area (Å²) >= 11 is 0. The first-order chi connectivity index (χ1) is 8.60. The Kier molecular flexibility index (Phi) is 3.62. The standard InChI is InChI=1S/C13H18N4O/c1-4-11(14)12-6-5-10(8-15-12)18-13-7-9(2)16-17(13)3/h5-8,11H,4,14H2,1-3H3/t11-/m1/s1. The molecule has 0 unspecified atom stereocenters. The predicted molar refractivity (Wildman–Crippen MR) is 69.5 cm³/mol. The van der Waals surface area contributed by atoms with Gasteiger partial charge in [0.15, 0.2) is 0 Å².